The largest absolute Gasteiger partial charge is 0.361 e. The van der Waals surface area contributed by atoms with Gasteiger partial charge in [0.15, 0.2) is 0 Å². The van der Waals surface area contributed by atoms with Crippen LogP contribution in [0.1, 0.15) is 41.0 Å². The van der Waals surface area contributed by atoms with E-state index in [1.54, 1.807) is 7.05 Å². The van der Waals surface area contributed by atoms with Gasteiger partial charge in [0.2, 0.25) is 5.91 Å². The second-order valence-corrected chi connectivity index (χ2v) is 7.23. The molecular weight excluding hydrogens is 350 g/mol. The van der Waals surface area contributed by atoms with Crippen LogP contribution in [-0.2, 0) is 17.8 Å². The molecule has 0 saturated heterocycles. The molecule has 1 atom stereocenters. The number of hydrogen-bond acceptors (Lipinski definition) is 4. The molecule has 4 rings (SSSR count). The Balaban J connectivity index is 1.74. The van der Waals surface area contributed by atoms with Crippen LogP contribution in [0.25, 0.3) is 0 Å². The van der Waals surface area contributed by atoms with Crippen molar-refractivity contribution < 1.29 is 9.32 Å². The lowest BCUT2D eigenvalue weighted by Crippen LogP contribution is -2.46. The van der Waals surface area contributed by atoms with Gasteiger partial charge in [-0.2, -0.15) is 0 Å². The summed E-state index contributed by atoms with van der Waals surface area (Å²) in [4.78, 5) is 14.3. The fourth-order valence-electron chi connectivity index (χ4n) is 3.98. The Morgan fingerprint density at radius 3 is 2.25 bits per heavy atom. The van der Waals surface area contributed by atoms with Crippen LogP contribution in [0.2, 0.25) is 0 Å². The van der Waals surface area contributed by atoms with E-state index in [1.807, 2.05) is 19.1 Å². The quantitative estimate of drug-likeness (QED) is 0.743. The highest BCUT2D eigenvalue weighted by Crippen LogP contribution is 2.36. The number of nitrogens with zero attached hydrogens (tertiary/aromatic N) is 2. The molecule has 3 aromatic rings. The number of hydrogen-bond donors (Lipinski definition) is 1. The van der Waals surface area contributed by atoms with Crippen molar-refractivity contribution in [2.75, 3.05) is 13.6 Å². The molecule has 1 N–H and O–H groups in total. The van der Waals surface area contributed by atoms with Crippen LogP contribution in [0, 0.1) is 0 Å². The van der Waals surface area contributed by atoms with Crippen molar-refractivity contribution in [3.8, 4) is 0 Å². The summed E-state index contributed by atoms with van der Waals surface area (Å²) >= 11 is 0. The fourth-order valence-corrected chi connectivity index (χ4v) is 3.98. The molecule has 0 spiro atoms. The number of rotatable bonds is 5. The Kier molecular flexibility index (Phi) is 5.26. The number of likely N-dealkylation sites (N-methyl/N-ethyl adjacent to an activating group) is 1. The first-order valence-electron chi connectivity index (χ1n) is 9.72. The summed E-state index contributed by atoms with van der Waals surface area (Å²) in [6.45, 7) is 3.40. The lowest BCUT2D eigenvalue weighted by molar-refractivity contribution is -0.125. The molecule has 28 heavy (non-hydrogen) atoms. The van der Waals surface area contributed by atoms with Crippen LogP contribution >= 0.6 is 0 Å². The molecule has 144 valence electrons. The maximum atomic E-state index is 12.1. The molecule has 1 aliphatic rings. The molecule has 5 heteroatoms. The van der Waals surface area contributed by atoms with Gasteiger partial charge >= 0.3 is 0 Å². The molecule has 1 amide bonds. The molecule has 0 saturated carbocycles. The van der Waals surface area contributed by atoms with Crippen LogP contribution in [0.4, 0.5) is 0 Å². The van der Waals surface area contributed by atoms with Crippen molar-refractivity contribution in [2.45, 2.75) is 31.8 Å². The van der Waals surface area contributed by atoms with E-state index in [1.165, 1.54) is 11.1 Å². The standard InChI is InChI=1S/C23H25N3O2/c1-16(23(27)24-2)26-14-13-20-19(15-26)22(25-28-20)21(17-9-5-3-6-10-17)18-11-7-4-8-12-18/h3-12,16,21H,13-15H2,1-2H3,(H,24,27)/t16-/m1/s1. The predicted octanol–water partition coefficient (Wildman–Crippen LogP) is 3.35. The molecule has 2 aromatic carbocycles. The molecule has 0 fully saturated rings. The first-order chi connectivity index (χ1) is 13.7. The molecular formula is C23H25N3O2. The number of amides is 1. The second kappa shape index (κ2) is 7.98. The maximum Gasteiger partial charge on any atom is 0.236 e. The van der Waals surface area contributed by atoms with E-state index in [2.05, 4.69) is 63.9 Å². The van der Waals surface area contributed by atoms with Gasteiger partial charge in [0, 0.05) is 32.1 Å². The minimum atomic E-state index is -0.187. The van der Waals surface area contributed by atoms with Gasteiger partial charge in [0.25, 0.3) is 0 Å². The van der Waals surface area contributed by atoms with E-state index < -0.39 is 0 Å². The van der Waals surface area contributed by atoms with Crippen LogP contribution in [0.15, 0.2) is 65.2 Å². The normalized spacial score (nSPS) is 15.2. The van der Waals surface area contributed by atoms with E-state index in [9.17, 15) is 4.79 Å². The first kappa shape index (κ1) is 18.4. The monoisotopic (exact) mass is 375 g/mol. The van der Waals surface area contributed by atoms with Crippen molar-refractivity contribution in [3.63, 3.8) is 0 Å². The fraction of sp³-hybridized carbons (Fsp3) is 0.304. The van der Waals surface area contributed by atoms with Gasteiger partial charge in [0.1, 0.15) is 11.5 Å². The van der Waals surface area contributed by atoms with Gasteiger partial charge in [-0.25, -0.2) is 0 Å². The summed E-state index contributed by atoms with van der Waals surface area (Å²) in [5.41, 5.74) is 4.42. The van der Waals surface area contributed by atoms with Gasteiger partial charge in [-0.05, 0) is 18.1 Å². The van der Waals surface area contributed by atoms with E-state index >= 15 is 0 Å². The predicted molar refractivity (Wildman–Crippen MR) is 108 cm³/mol. The summed E-state index contributed by atoms with van der Waals surface area (Å²) in [5, 5.41) is 7.26. The Hall–Kier alpha value is -2.92. The van der Waals surface area contributed by atoms with E-state index in [-0.39, 0.29) is 17.9 Å². The molecule has 0 unspecified atom stereocenters. The Morgan fingerprint density at radius 2 is 1.68 bits per heavy atom. The van der Waals surface area contributed by atoms with Gasteiger partial charge < -0.3 is 9.84 Å². The number of aromatic nitrogens is 1. The van der Waals surface area contributed by atoms with Crippen LogP contribution < -0.4 is 5.32 Å². The molecule has 5 nitrogen and oxygen atoms in total. The maximum absolute atomic E-state index is 12.1. The topological polar surface area (TPSA) is 58.4 Å². The lowest BCUT2D eigenvalue weighted by Gasteiger charge is -2.31. The zero-order valence-electron chi connectivity index (χ0n) is 16.3. The van der Waals surface area contributed by atoms with E-state index in [0.29, 0.717) is 6.54 Å². The molecule has 0 radical (unpaired) electrons. The smallest absolute Gasteiger partial charge is 0.236 e. The number of nitrogens with one attached hydrogen (secondary N) is 1. The SMILES string of the molecule is CNC(=O)[C@@H](C)N1CCc2onc(C(c3ccccc3)c3ccccc3)c2C1. The number of benzene rings is 2. The van der Waals surface area contributed by atoms with Gasteiger partial charge in [-0.3, -0.25) is 9.69 Å². The number of carbonyl (C=O) groups excluding carboxylic acids is 1. The summed E-state index contributed by atoms with van der Waals surface area (Å²) in [6, 6.07) is 20.6. The van der Waals surface area contributed by atoms with Crippen molar-refractivity contribution in [3.05, 3.63) is 88.8 Å². The Bertz CT molecular complexity index is 897. The Labute approximate surface area is 165 Å². The average molecular weight is 375 g/mol. The summed E-state index contributed by atoms with van der Waals surface area (Å²) < 4.78 is 5.75. The van der Waals surface area contributed by atoms with Crippen molar-refractivity contribution in [1.82, 2.24) is 15.4 Å². The van der Waals surface area contributed by atoms with Gasteiger partial charge in [-0.15, -0.1) is 0 Å². The molecule has 1 aliphatic heterocycles. The van der Waals surface area contributed by atoms with E-state index in [0.717, 1.165) is 30.0 Å². The summed E-state index contributed by atoms with van der Waals surface area (Å²) in [6.07, 6.45) is 0.764. The molecule has 0 aliphatic carbocycles. The van der Waals surface area contributed by atoms with Crippen LogP contribution in [0.5, 0.6) is 0 Å². The van der Waals surface area contributed by atoms with Gasteiger partial charge in [0.05, 0.1) is 12.0 Å². The zero-order chi connectivity index (χ0) is 19.5. The summed E-state index contributed by atoms with van der Waals surface area (Å²) in [5.74, 6) is 0.974. The highest BCUT2D eigenvalue weighted by Gasteiger charge is 2.32. The molecule has 1 aromatic heterocycles. The first-order valence-corrected chi connectivity index (χ1v) is 9.72. The van der Waals surface area contributed by atoms with Crippen molar-refractivity contribution in [1.29, 1.82) is 0 Å². The number of fused-ring (bicyclic) bond motifs is 1. The minimum Gasteiger partial charge on any atom is -0.361 e. The lowest BCUT2D eigenvalue weighted by atomic mass is 9.85. The number of carbonyl (C=O) groups is 1. The average Bonchev–Trinajstić information content (AvgIpc) is 3.17. The third-order valence-electron chi connectivity index (χ3n) is 5.60. The van der Waals surface area contributed by atoms with Gasteiger partial charge in [-0.1, -0.05) is 65.8 Å². The Morgan fingerprint density at radius 1 is 1.07 bits per heavy atom. The third kappa shape index (κ3) is 3.45. The third-order valence-corrected chi connectivity index (χ3v) is 5.60. The van der Waals surface area contributed by atoms with Crippen LogP contribution in [0.3, 0.4) is 0 Å². The van der Waals surface area contributed by atoms with Crippen molar-refractivity contribution in [2.24, 2.45) is 0 Å². The summed E-state index contributed by atoms with van der Waals surface area (Å²) in [7, 11) is 1.68. The van der Waals surface area contributed by atoms with Crippen LogP contribution in [-0.4, -0.2) is 35.6 Å². The van der Waals surface area contributed by atoms with E-state index in [4.69, 9.17) is 4.52 Å². The minimum absolute atomic E-state index is 0.00478. The molecule has 0 bridgehead atoms. The second-order valence-electron chi connectivity index (χ2n) is 7.23. The highest BCUT2D eigenvalue weighted by atomic mass is 16.5. The zero-order valence-corrected chi connectivity index (χ0v) is 16.3. The highest BCUT2D eigenvalue weighted by molar-refractivity contribution is 5.81. The van der Waals surface area contributed by atoms with Crippen molar-refractivity contribution >= 4 is 5.91 Å². The molecule has 2 heterocycles.